The third-order valence-electron chi connectivity index (χ3n) is 0.918. The highest BCUT2D eigenvalue weighted by Crippen LogP contribution is 2.10. The Morgan fingerprint density at radius 2 is 2.30 bits per heavy atom. The van der Waals surface area contributed by atoms with Gasteiger partial charge in [-0.05, 0) is 12.1 Å². The Kier molecular flexibility index (Phi) is 1.83. The first-order valence-electron chi connectivity index (χ1n) is 2.46. The number of nitriles is 1. The van der Waals surface area contributed by atoms with Crippen molar-refractivity contribution < 1.29 is 4.39 Å². The Morgan fingerprint density at radius 1 is 1.60 bits per heavy atom. The van der Waals surface area contributed by atoms with Crippen molar-refractivity contribution in [3.8, 4) is 6.07 Å². The molecule has 0 saturated heterocycles. The van der Waals surface area contributed by atoms with Gasteiger partial charge in [-0.25, -0.2) is 9.37 Å². The van der Waals surface area contributed by atoms with Crippen LogP contribution in [0.1, 0.15) is 5.69 Å². The molecule has 50 valence electrons. The molecule has 10 heavy (non-hydrogen) atoms. The van der Waals surface area contributed by atoms with Gasteiger partial charge in [0.1, 0.15) is 11.8 Å². The van der Waals surface area contributed by atoms with Gasteiger partial charge in [-0.1, -0.05) is 11.6 Å². The van der Waals surface area contributed by atoms with E-state index in [1.54, 1.807) is 6.07 Å². The molecule has 0 spiro atoms. The Labute approximate surface area is 61.9 Å². The van der Waals surface area contributed by atoms with Crippen molar-refractivity contribution in [1.82, 2.24) is 4.98 Å². The van der Waals surface area contributed by atoms with Gasteiger partial charge in [0.2, 0.25) is 0 Å². The number of hydrogen-bond donors (Lipinski definition) is 0. The molecule has 0 aliphatic rings. The lowest BCUT2D eigenvalue weighted by Crippen LogP contribution is -1.85. The zero-order chi connectivity index (χ0) is 7.56. The van der Waals surface area contributed by atoms with Gasteiger partial charge in [0.15, 0.2) is 11.0 Å². The van der Waals surface area contributed by atoms with E-state index in [1.807, 2.05) is 0 Å². The van der Waals surface area contributed by atoms with Gasteiger partial charge in [-0.3, -0.25) is 0 Å². The standard InChI is InChI=1S/C6H2ClFN2/c7-6-5(8)2-1-4(3-9)10-6/h1-2H. The predicted molar refractivity (Wildman–Crippen MR) is 33.9 cm³/mol. The van der Waals surface area contributed by atoms with Crippen molar-refractivity contribution in [1.29, 1.82) is 5.26 Å². The first-order chi connectivity index (χ1) is 4.74. The van der Waals surface area contributed by atoms with Crippen LogP contribution in [0, 0.1) is 17.1 Å². The van der Waals surface area contributed by atoms with E-state index >= 15 is 0 Å². The molecule has 1 heterocycles. The molecule has 2 nitrogen and oxygen atoms in total. The van der Waals surface area contributed by atoms with Gasteiger partial charge in [0, 0.05) is 0 Å². The SMILES string of the molecule is N#Cc1ccc(F)c(Cl)n1. The van der Waals surface area contributed by atoms with Crippen molar-refractivity contribution in [3.05, 3.63) is 28.8 Å². The number of aromatic nitrogens is 1. The van der Waals surface area contributed by atoms with Gasteiger partial charge in [0.25, 0.3) is 0 Å². The summed E-state index contributed by atoms with van der Waals surface area (Å²) in [6.07, 6.45) is 0. The summed E-state index contributed by atoms with van der Waals surface area (Å²) >= 11 is 5.26. The van der Waals surface area contributed by atoms with E-state index in [9.17, 15) is 4.39 Å². The van der Waals surface area contributed by atoms with E-state index in [1.165, 1.54) is 6.07 Å². The van der Waals surface area contributed by atoms with Crippen LogP contribution in [0.15, 0.2) is 12.1 Å². The second-order valence-corrected chi connectivity index (χ2v) is 1.94. The smallest absolute Gasteiger partial charge is 0.166 e. The summed E-state index contributed by atoms with van der Waals surface area (Å²) < 4.78 is 12.3. The number of pyridine rings is 1. The lowest BCUT2D eigenvalue weighted by atomic mass is 10.4. The second-order valence-electron chi connectivity index (χ2n) is 1.58. The number of nitrogens with zero attached hydrogens (tertiary/aromatic N) is 2. The van der Waals surface area contributed by atoms with Crippen molar-refractivity contribution >= 4 is 11.6 Å². The zero-order valence-electron chi connectivity index (χ0n) is 4.81. The molecule has 0 unspecified atom stereocenters. The summed E-state index contributed by atoms with van der Waals surface area (Å²) in [5, 5.41) is 7.99. The molecular weight excluding hydrogens is 155 g/mol. The number of rotatable bonds is 0. The molecule has 0 aliphatic heterocycles. The Balaban J connectivity index is 3.20. The van der Waals surface area contributed by atoms with E-state index in [0.717, 1.165) is 6.07 Å². The van der Waals surface area contributed by atoms with E-state index < -0.39 is 5.82 Å². The molecule has 0 radical (unpaired) electrons. The molecule has 1 rings (SSSR count). The molecule has 0 bridgehead atoms. The average Bonchev–Trinajstić information content (AvgIpc) is 1.95. The topological polar surface area (TPSA) is 36.7 Å². The van der Waals surface area contributed by atoms with Crippen LogP contribution in [0.3, 0.4) is 0 Å². The highest BCUT2D eigenvalue weighted by Gasteiger charge is 2.00. The van der Waals surface area contributed by atoms with Crippen molar-refractivity contribution in [3.63, 3.8) is 0 Å². The van der Waals surface area contributed by atoms with Gasteiger partial charge in [-0.15, -0.1) is 0 Å². The molecule has 0 atom stereocenters. The van der Waals surface area contributed by atoms with Gasteiger partial charge >= 0.3 is 0 Å². The molecule has 1 aromatic rings. The fraction of sp³-hybridized carbons (Fsp3) is 0. The van der Waals surface area contributed by atoms with Crippen LogP contribution in [0.4, 0.5) is 4.39 Å². The van der Waals surface area contributed by atoms with Gasteiger partial charge < -0.3 is 0 Å². The van der Waals surface area contributed by atoms with Gasteiger partial charge in [-0.2, -0.15) is 5.26 Å². The third-order valence-corrected chi connectivity index (χ3v) is 1.18. The molecule has 0 saturated carbocycles. The maximum atomic E-state index is 12.3. The first kappa shape index (κ1) is 6.97. The fourth-order valence-corrected chi connectivity index (χ4v) is 0.634. The van der Waals surface area contributed by atoms with Crippen LogP contribution in [0.5, 0.6) is 0 Å². The molecule has 0 N–H and O–H groups in total. The largest absolute Gasteiger partial charge is 0.222 e. The summed E-state index contributed by atoms with van der Waals surface area (Å²) in [4.78, 5) is 3.42. The second kappa shape index (κ2) is 2.63. The maximum absolute atomic E-state index is 12.3. The summed E-state index contributed by atoms with van der Waals surface area (Å²) in [6.45, 7) is 0. The monoisotopic (exact) mass is 156 g/mol. The third kappa shape index (κ3) is 1.23. The molecule has 1 aromatic heterocycles. The van der Waals surface area contributed by atoms with Crippen molar-refractivity contribution in [2.75, 3.05) is 0 Å². The Hall–Kier alpha value is -1.14. The van der Waals surface area contributed by atoms with E-state index in [0.29, 0.717) is 0 Å². The van der Waals surface area contributed by atoms with E-state index in [-0.39, 0.29) is 10.8 Å². The first-order valence-corrected chi connectivity index (χ1v) is 2.84. The summed E-state index contributed by atoms with van der Waals surface area (Å²) in [7, 11) is 0. The Bertz CT molecular complexity index is 292. The summed E-state index contributed by atoms with van der Waals surface area (Å²) in [5.41, 5.74) is 0.117. The predicted octanol–water partition coefficient (Wildman–Crippen LogP) is 1.75. The summed E-state index contributed by atoms with van der Waals surface area (Å²) in [5.74, 6) is -0.610. The average molecular weight is 157 g/mol. The zero-order valence-corrected chi connectivity index (χ0v) is 5.56. The van der Waals surface area contributed by atoms with Crippen LogP contribution in [-0.2, 0) is 0 Å². The quantitative estimate of drug-likeness (QED) is 0.537. The van der Waals surface area contributed by atoms with E-state index in [4.69, 9.17) is 16.9 Å². The van der Waals surface area contributed by atoms with Crippen LogP contribution in [0.25, 0.3) is 0 Å². The normalized spacial score (nSPS) is 8.90. The van der Waals surface area contributed by atoms with Crippen molar-refractivity contribution in [2.24, 2.45) is 0 Å². The molecule has 0 aromatic carbocycles. The lowest BCUT2D eigenvalue weighted by Gasteiger charge is -1.90. The lowest BCUT2D eigenvalue weighted by molar-refractivity contribution is 0.621. The highest BCUT2D eigenvalue weighted by molar-refractivity contribution is 6.29. The van der Waals surface area contributed by atoms with E-state index in [2.05, 4.69) is 4.98 Å². The molecule has 4 heteroatoms. The maximum Gasteiger partial charge on any atom is 0.166 e. The fourth-order valence-electron chi connectivity index (χ4n) is 0.480. The van der Waals surface area contributed by atoms with Crippen LogP contribution in [-0.4, -0.2) is 4.98 Å². The van der Waals surface area contributed by atoms with Crippen LogP contribution in [0.2, 0.25) is 5.15 Å². The minimum Gasteiger partial charge on any atom is -0.222 e. The molecule has 0 aliphatic carbocycles. The van der Waals surface area contributed by atoms with Gasteiger partial charge in [0.05, 0.1) is 0 Å². The van der Waals surface area contributed by atoms with Crippen molar-refractivity contribution in [2.45, 2.75) is 0 Å². The minimum absolute atomic E-state index is 0.117. The minimum atomic E-state index is -0.610. The Morgan fingerprint density at radius 3 is 2.80 bits per heavy atom. The molecule has 0 fully saturated rings. The number of hydrogen-bond acceptors (Lipinski definition) is 2. The molecular formula is C6H2ClFN2. The summed E-state index contributed by atoms with van der Waals surface area (Å²) in [6, 6.07) is 4.10. The highest BCUT2D eigenvalue weighted by atomic mass is 35.5. The van der Waals surface area contributed by atoms with Crippen LogP contribution < -0.4 is 0 Å². The number of halogens is 2. The molecule has 0 amide bonds. The van der Waals surface area contributed by atoms with Crippen LogP contribution >= 0.6 is 11.6 Å².